The minimum absolute atomic E-state index is 0.0747. The summed E-state index contributed by atoms with van der Waals surface area (Å²) in [5.74, 6) is -0.351. The smallest absolute Gasteiger partial charge is 0.242 e. The second-order valence-electron chi connectivity index (χ2n) is 6.88. The van der Waals surface area contributed by atoms with Gasteiger partial charge in [-0.25, -0.2) is 4.99 Å². The van der Waals surface area contributed by atoms with E-state index in [1.165, 1.54) is 22.2 Å². The highest BCUT2D eigenvalue weighted by Gasteiger charge is 2.37. The van der Waals surface area contributed by atoms with Crippen molar-refractivity contribution in [3.05, 3.63) is 58.1 Å². The van der Waals surface area contributed by atoms with Crippen molar-refractivity contribution in [2.45, 2.75) is 32.4 Å². The summed E-state index contributed by atoms with van der Waals surface area (Å²) in [6.07, 6.45) is 0.0747. The number of hydrogen-bond acceptors (Lipinski definition) is 4. The van der Waals surface area contributed by atoms with Crippen molar-refractivity contribution in [3.8, 4) is 0 Å². The Balaban J connectivity index is 1.68. The molecule has 7 heteroatoms. The Kier molecular flexibility index (Phi) is 6.10. The largest absolute Gasteiger partial charge is 0.326 e. The second kappa shape index (κ2) is 8.37. The maximum Gasteiger partial charge on any atom is 0.242 e. The van der Waals surface area contributed by atoms with E-state index in [1.807, 2.05) is 45.0 Å². The van der Waals surface area contributed by atoms with E-state index in [0.29, 0.717) is 15.9 Å². The number of carbonyl (C=O) groups is 2. The van der Waals surface area contributed by atoms with E-state index in [9.17, 15) is 9.59 Å². The first kappa shape index (κ1) is 20.4. The van der Waals surface area contributed by atoms with Gasteiger partial charge in [-0.1, -0.05) is 35.5 Å². The molecule has 146 valence electrons. The lowest BCUT2D eigenvalue weighted by Crippen LogP contribution is -2.30. The number of halogens is 1. The Hall–Kier alpha value is -2.31. The van der Waals surface area contributed by atoms with Crippen molar-refractivity contribution in [2.75, 3.05) is 12.4 Å². The lowest BCUT2D eigenvalue weighted by molar-refractivity contribution is -0.127. The first-order chi connectivity index (χ1) is 13.2. The van der Waals surface area contributed by atoms with E-state index in [2.05, 4.69) is 10.3 Å². The van der Waals surface area contributed by atoms with Crippen LogP contribution in [-0.2, 0) is 9.59 Å². The fraction of sp³-hybridized carbons (Fsp3) is 0.286. The van der Waals surface area contributed by atoms with Crippen LogP contribution in [0.3, 0.4) is 0 Å². The molecule has 5 nitrogen and oxygen atoms in total. The monoisotopic (exact) mass is 415 g/mol. The molecule has 1 heterocycles. The minimum atomic E-state index is -0.490. The summed E-state index contributed by atoms with van der Waals surface area (Å²) in [7, 11) is 1.69. The molecule has 0 radical (unpaired) electrons. The molecule has 1 atom stereocenters. The zero-order valence-electron chi connectivity index (χ0n) is 16.2. The molecule has 0 unspecified atom stereocenters. The average Bonchev–Trinajstić information content (AvgIpc) is 2.89. The Morgan fingerprint density at radius 3 is 2.54 bits per heavy atom. The van der Waals surface area contributed by atoms with Crippen LogP contribution in [0.25, 0.3) is 0 Å². The molecular formula is C21H22ClN3O2S. The normalized spacial score (nSPS) is 18.0. The second-order valence-corrected chi connectivity index (χ2v) is 8.46. The van der Waals surface area contributed by atoms with Crippen LogP contribution in [0.5, 0.6) is 0 Å². The van der Waals surface area contributed by atoms with Crippen LogP contribution >= 0.6 is 23.4 Å². The third kappa shape index (κ3) is 4.56. The predicted molar refractivity (Wildman–Crippen MR) is 117 cm³/mol. The van der Waals surface area contributed by atoms with Crippen molar-refractivity contribution in [3.63, 3.8) is 0 Å². The highest BCUT2D eigenvalue weighted by Crippen LogP contribution is 2.31. The third-order valence-electron chi connectivity index (χ3n) is 4.68. The molecule has 0 aromatic heterocycles. The van der Waals surface area contributed by atoms with E-state index in [4.69, 9.17) is 11.6 Å². The number of nitrogens with zero attached hydrogens (tertiary/aromatic N) is 2. The summed E-state index contributed by atoms with van der Waals surface area (Å²) < 4.78 is 0. The predicted octanol–water partition coefficient (Wildman–Crippen LogP) is 4.86. The van der Waals surface area contributed by atoms with Crippen LogP contribution in [-0.4, -0.2) is 34.2 Å². The standard InChI is InChI=1S/C21H22ClN3O2S/c1-12-5-7-15(9-14(12)3)24-21-25(4)20(27)18(28-21)11-19(26)23-16-8-6-13(2)17(22)10-16/h5-10,18H,11H2,1-4H3,(H,23,26)/t18-/m0/s1. The van der Waals surface area contributed by atoms with Gasteiger partial charge in [-0.15, -0.1) is 0 Å². The van der Waals surface area contributed by atoms with Gasteiger partial charge in [-0.3, -0.25) is 14.5 Å². The Morgan fingerprint density at radius 1 is 1.14 bits per heavy atom. The van der Waals surface area contributed by atoms with Crippen molar-refractivity contribution in [1.82, 2.24) is 4.90 Å². The zero-order valence-corrected chi connectivity index (χ0v) is 17.8. The maximum absolute atomic E-state index is 12.5. The number of rotatable bonds is 4. The molecule has 1 N–H and O–H groups in total. The van der Waals surface area contributed by atoms with Crippen LogP contribution in [0, 0.1) is 20.8 Å². The number of amides is 2. The van der Waals surface area contributed by atoms with Crippen LogP contribution in [0.4, 0.5) is 11.4 Å². The van der Waals surface area contributed by atoms with Crippen molar-refractivity contribution < 1.29 is 9.59 Å². The topological polar surface area (TPSA) is 61.8 Å². The highest BCUT2D eigenvalue weighted by atomic mass is 35.5. The molecule has 1 saturated heterocycles. The Labute approximate surface area is 174 Å². The molecule has 1 aliphatic rings. The number of amidine groups is 1. The quantitative estimate of drug-likeness (QED) is 0.775. The van der Waals surface area contributed by atoms with Crippen LogP contribution in [0.1, 0.15) is 23.1 Å². The number of thioether (sulfide) groups is 1. The van der Waals surface area contributed by atoms with Gasteiger partial charge in [-0.2, -0.15) is 0 Å². The third-order valence-corrected chi connectivity index (χ3v) is 6.32. The molecule has 1 aliphatic heterocycles. The fourth-order valence-corrected chi connectivity index (χ4v) is 4.09. The maximum atomic E-state index is 12.5. The van der Waals surface area contributed by atoms with Gasteiger partial charge in [0.05, 0.1) is 5.69 Å². The van der Waals surface area contributed by atoms with Gasteiger partial charge in [0.25, 0.3) is 0 Å². The van der Waals surface area contributed by atoms with Crippen LogP contribution < -0.4 is 5.32 Å². The molecule has 2 amide bonds. The molecule has 28 heavy (non-hydrogen) atoms. The number of benzene rings is 2. The molecule has 1 fully saturated rings. The number of hydrogen-bond donors (Lipinski definition) is 1. The molecule has 2 aromatic carbocycles. The highest BCUT2D eigenvalue weighted by molar-refractivity contribution is 8.15. The van der Waals surface area contributed by atoms with E-state index < -0.39 is 5.25 Å². The Morgan fingerprint density at radius 2 is 1.86 bits per heavy atom. The lowest BCUT2D eigenvalue weighted by Gasteiger charge is -2.10. The number of aryl methyl sites for hydroxylation is 3. The van der Waals surface area contributed by atoms with Crippen molar-refractivity contribution >= 4 is 51.7 Å². The summed E-state index contributed by atoms with van der Waals surface area (Å²) in [4.78, 5) is 31.0. The number of nitrogens with one attached hydrogen (secondary N) is 1. The molecule has 0 saturated carbocycles. The van der Waals surface area contributed by atoms with Gasteiger partial charge in [0.1, 0.15) is 5.25 Å². The van der Waals surface area contributed by atoms with E-state index >= 15 is 0 Å². The summed E-state index contributed by atoms with van der Waals surface area (Å²) in [6.45, 7) is 5.97. The number of carbonyl (C=O) groups excluding carboxylic acids is 2. The molecule has 0 spiro atoms. The average molecular weight is 416 g/mol. The molecule has 0 bridgehead atoms. The SMILES string of the molecule is Cc1ccc(N=C2S[C@@H](CC(=O)Nc3ccc(C)c(Cl)c3)C(=O)N2C)cc1C. The van der Waals surface area contributed by atoms with Gasteiger partial charge in [0.15, 0.2) is 5.17 Å². The molecule has 2 aromatic rings. The van der Waals surface area contributed by atoms with E-state index in [-0.39, 0.29) is 18.2 Å². The van der Waals surface area contributed by atoms with Crippen molar-refractivity contribution in [1.29, 1.82) is 0 Å². The summed E-state index contributed by atoms with van der Waals surface area (Å²) in [6, 6.07) is 11.3. The lowest BCUT2D eigenvalue weighted by atomic mass is 10.1. The van der Waals surface area contributed by atoms with Gasteiger partial charge in [0, 0.05) is 24.2 Å². The fourth-order valence-electron chi connectivity index (χ4n) is 2.75. The van der Waals surface area contributed by atoms with E-state index in [1.54, 1.807) is 19.2 Å². The molecule has 3 rings (SSSR count). The van der Waals surface area contributed by atoms with Crippen LogP contribution in [0.2, 0.25) is 5.02 Å². The van der Waals surface area contributed by atoms with Crippen LogP contribution in [0.15, 0.2) is 41.4 Å². The van der Waals surface area contributed by atoms with Gasteiger partial charge in [-0.05, 0) is 61.7 Å². The Bertz CT molecular complexity index is 974. The zero-order chi connectivity index (χ0) is 20.4. The number of aliphatic imine (C=N–C) groups is 1. The summed E-state index contributed by atoms with van der Waals surface area (Å²) >= 11 is 7.41. The summed E-state index contributed by atoms with van der Waals surface area (Å²) in [5, 5.41) is 3.50. The van der Waals surface area contributed by atoms with E-state index in [0.717, 1.165) is 16.8 Å². The molecule has 0 aliphatic carbocycles. The van der Waals surface area contributed by atoms with Gasteiger partial charge >= 0.3 is 0 Å². The van der Waals surface area contributed by atoms with Crippen molar-refractivity contribution in [2.24, 2.45) is 4.99 Å². The first-order valence-corrected chi connectivity index (χ1v) is 10.2. The minimum Gasteiger partial charge on any atom is -0.326 e. The number of anilines is 1. The summed E-state index contributed by atoms with van der Waals surface area (Å²) in [5.41, 5.74) is 4.69. The first-order valence-electron chi connectivity index (χ1n) is 8.91. The van der Waals surface area contributed by atoms with Gasteiger partial charge in [0.2, 0.25) is 11.8 Å². The van der Waals surface area contributed by atoms with Gasteiger partial charge < -0.3 is 5.32 Å². The molecular weight excluding hydrogens is 394 g/mol.